The van der Waals surface area contributed by atoms with Gasteiger partial charge in [0.2, 0.25) is 0 Å². The predicted octanol–water partition coefficient (Wildman–Crippen LogP) is 3.05. The minimum atomic E-state index is -4.42. The van der Waals surface area contributed by atoms with Crippen molar-refractivity contribution in [2.45, 2.75) is 19.5 Å². The first-order valence-corrected chi connectivity index (χ1v) is 7.49. The molecular formula is C16H18F3N3O2. The van der Waals surface area contributed by atoms with Crippen molar-refractivity contribution in [2.24, 2.45) is 0 Å². The number of hydrogen-bond acceptors (Lipinski definition) is 3. The first-order valence-electron chi connectivity index (χ1n) is 7.49. The highest BCUT2D eigenvalue weighted by atomic mass is 19.4. The van der Waals surface area contributed by atoms with Gasteiger partial charge in [0.1, 0.15) is 12.0 Å². The van der Waals surface area contributed by atoms with Gasteiger partial charge in [-0.1, -0.05) is 6.07 Å². The monoisotopic (exact) mass is 341 g/mol. The highest BCUT2D eigenvalue weighted by Crippen LogP contribution is 2.30. The largest absolute Gasteiger partial charge is 0.416 e. The van der Waals surface area contributed by atoms with E-state index in [0.29, 0.717) is 26.2 Å². The number of benzene rings is 1. The molecule has 1 aromatic carbocycles. The fourth-order valence-corrected chi connectivity index (χ4v) is 2.04. The first-order chi connectivity index (χ1) is 11.4. The Balaban J connectivity index is 2.01. The van der Waals surface area contributed by atoms with Crippen LogP contribution in [0.15, 0.2) is 36.8 Å². The van der Waals surface area contributed by atoms with Gasteiger partial charge in [-0.05, 0) is 31.5 Å². The Hall–Kier alpha value is -2.35. The molecule has 8 heteroatoms. The van der Waals surface area contributed by atoms with E-state index >= 15 is 0 Å². The molecule has 0 radical (unpaired) electrons. The smallest absolute Gasteiger partial charge is 0.382 e. The van der Waals surface area contributed by atoms with Crippen LogP contribution in [0.25, 0.3) is 5.69 Å². The molecule has 1 aromatic heterocycles. The van der Waals surface area contributed by atoms with Gasteiger partial charge in [0.15, 0.2) is 0 Å². The molecule has 0 aliphatic heterocycles. The van der Waals surface area contributed by atoms with E-state index in [-0.39, 0.29) is 17.3 Å². The number of nitrogens with zero attached hydrogens (tertiary/aromatic N) is 2. The van der Waals surface area contributed by atoms with E-state index in [9.17, 15) is 18.0 Å². The molecule has 24 heavy (non-hydrogen) atoms. The second-order valence-electron chi connectivity index (χ2n) is 5.02. The Kier molecular flexibility index (Phi) is 5.97. The standard InChI is InChI=1S/C16H18F3N3O2/c1-2-24-8-4-7-20-15(23)14-10-22(11-21-14)13-6-3-5-12(9-13)16(17,18)19/h3,5-6,9-11H,2,4,7-8H2,1H3,(H,20,23). The molecule has 0 aliphatic rings. The van der Waals surface area contributed by atoms with Crippen molar-refractivity contribution in [3.63, 3.8) is 0 Å². The summed E-state index contributed by atoms with van der Waals surface area (Å²) in [5.74, 6) is -0.378. The zero-order chi connectivity index (χ0) is 17.6. The Morgan fingerprint density at radius 3 is 2.88 bits per heavy atom. The van der Waals surface area contributed by atoms with Gasteiger partial charge in [0, 0.05) is 31.6 Å². The Morgan fingerprint density at radius 1 is 1.38 bits per heavy atom. The van der Waals surface area contributed by atoms with Crippen molar-refractivity contribution < 1.29 is 22.7 Å². The molecule has 1 heterocycles. The number of aromatic nitrogens is 2. The fraction of sp³-hybridized carbons (Fsp3) is 0.375. The van der Waals surface area contributed by atoms with Gasteiger partial charge in [-0.2, -0.15) is 13.2 Å². The van der Waals surface area contributed by atoms with Gasteiger partial charge in [-0.15, -0.1) is 0 Å². The van der Waals surface area contributed by atoms with Crippen molar-refractivity contribution in [3.8, 4) is 5.69 Å². The fourth-order valence-electron chi connectivity index (χ4n) is 2.04. The molecule has 0 fully saturated rings. The zero-order valence-corrected chi connectivity index (χ0v) is 13.1. The molecule has 2 rings (SSSR count). The molecule has 5 nitrogen and oxygen atoms in total. The van der Waals surface area contributed by atoms with E-state index in [4.69, 9.17) is 4.74 Å². The Labute approximate surface area is 137 Å². The molecule has 0 unspecified atom stereocenters. The Morgan fingerprint density at radius 2 is 2.17 bits per heavy atom. The molecule has 0 saturated heterocycles. The average molecular weight is 341 g/mol. The summed E-state index contributed by atoms with van der Waals surface area (Å²) >= 11 is 0. The lowest BCUT2D eigenvalue weighted by atomic mass is 10.2. The minimum absolute atomic E-state index is 0.142. The SMILES string of the molecule is CCOCCCNC(=O)c1cn(-c2cccc(C(F)(F)F)c2)cn1. The number of rotatable bonds is 7. The van der Waals surface area contributed by atoms with E-state index in [0.717, 1.165) is 12.1 Å². The maximum atomic E-state index is 12.7. The lowest BCUT2D eigenvalue weighted by Gasteiger charge is -2.08. The number of alkyl halides is 3. The normalized spacial score (nSPS) is 11.5. The van der Waals surface area contributed by atoms with Gasteiger partial charge in [-0.3, -0.25) is 4.79 Å². The van der Waals surface area contributed by atoms with Crippen LogP contribution in [0.3, 0.4) is 0 Å². The number of carbonyl (C=O) groups is 1. The van der Waals surface area contributed by atoms with E-state index in [1.807, 2.05) is 6.92 Å². The van der Waals surface area contributed by atoms with Gasteiger partial charge < -0.3 is 14.6 Å². The summed E-state index contributed by atoms with van der Waals surface area (Å²) < 4.78 is 44.8. The van der Waals surface area contributed by atoms with E-state index in [1.54, 1.807) is 0 Å². The number of halogens is 3. The summed E-state index contributed by atoms with van der Waals surface area (Å²) in [4.78, 5) is 15.9. The van der Waals surface area contributed by atoms with Gasteiger partial charge in [-0.25, -0.2) is 4.98 Å². The summed E-state index contributed by atoms with van der Waals surface area (Å²) in [5, 5.41) is 2.68. The van der Waals surface area contributed by atoms with Crippen LogP contribution in [0, 0.1) is 0 Å². The molecule has 2 aromatic rings. The summed E-state index contributed by atoms with van der Waals surface area (Å²) in [5.41, 5.74) is -0.327. The molecular weight excluding hydrogens is 323 g/mol. The highest BCUT2D eigenvalue weighted by molar-refractivity contribution is 5.92. The number of ether oxygens (including phenoxy) is 1. The molecule has 0 spiro atoms. The van der Waals surface area contributed by atoms with Crippen LogP contribution >= 0.6 is 0 Å². The molecule has 130 valence electrons. The second-order valence-corrected chi connectivity index (χ2v) is 5.02. The molecule has 0 aliphatic carbocycles. The third kappa shape index (κ3) is 4.82. The average Bonchev–Trinajstić information content (AvgIpc) is 3.04. The van der Waals surface area contributed by atoms with Gasteiger partial charge in [0.05, 0.1) is 5.56 Å². The lowest BCUT2D eigenvalue weighted by Crippen LogP contribution is -2.25. The maximum absolute atomic E-state index is 12.7. The third-order valence-electron chi connectivity index (χ3n) is 3.24. The van der Waals surface area contributed by atoms with E-state index in [1.165, 1.54) is 29.2 Å². The van der Waals surface area contributed by atoms with Crippen LogP contribution in [0.4, 0.5) is 13.2 Å². The van der Waals surface area contributed by atoms with Crippen LogP contribution < -0.4 is 5.32 Å². The number of imidazole rings is 1. The van der Waals surface area contributed by atoms with E-state index in [2.05, 4.69) is 10.3 Å². The lowest BCUT2D eigenvalue weighted by molar-refractivity contribution is -0.137. The molecule has 0 atom stereocenters. The van der Waals surface area contributed by atoms with Crippen LogP contribution in [-0.2, 0) is 10.9 Å². The van der Waals surface area contributed by atoms with Crippen LogP contribution in [0.1, 0.15) is 29.4 Å². The van der Waals surface area contributed by atoms with Crippen LogP contribution in [0.5, 0.6) is 0 Å². The van der Waals surface area contributed by atoms with Crippen molar-refractivity contribution in [1.29, 1.82) is 0 Å². The van der Waals surface area contributed by atoms with Crippen molar-refractivity contribution in [2.75, 3.05) is 19.8 Å². The zero-order valence-electron chi connectivity index (χ0n) is 13.1. The molecule has 0 saturated carbocycles. The van der Waals surface area contributed by atoms with E-state index < -0.39 is 11.7 Å². The van der Waals surface area contributed by atoms with Crippen LogP contribution in [0.2, 0.25) is 0 Å². The number of nitrogens with one attached hydrogen (secondary N) is 1. The van der Waals surface area contributed by atoms with Crippen LogP contribution in [-0.4, -0.2) is 35.2 Å². The topological polar surface area (TPSA) is 56.1 Å². The second kappa shape index (κ2) is 7.96. The minimum Gasteiger partial charge on any atom is -0.382 e. The first kappa shape index (κ1) is 18.0. The quantitative estimate of drug-likeness (QED) is 0.788. The summed E-state index contributed by atoms with van der Waals surface area (Å²) in [6, 6.07) is 4.82. The Bertz CT molecular complexity index is 683. The summed E-state index contributed by atoms with van der Waals surface area (Å²) in [6.07, 6.45) is -1.04. The summed E-state index contributed by atoms with van der Waals surface area (Å²) in [6.45, 7) is 3.50. The summed E-state index contributed by atoms with van der Waals surface area (Å²) in [7, 11) is 0. The maximum Gasteiger partial charge on any atom is 0.416 e. The third-order valence-corrected chi connectivity index (χ3v) is 3.24. The van der Waals surface area contributed by atoms with Gasteiger partial charge >= 0.3 is 6.18 Å². The number of carbonyl (C=O) groups excluding carboxylic acids is 1. The molecule has 1 amide bonds. The van der Waals surface area contributed by atoms with Crippen molar-refractivity contribution in [1.82, 2.24) is 14.9 Å². The van der Waals surface area contributed by atoms with Crippen molar-refractivity contribution >= 4 is 5.91 Å². The van der Waals surface area contributed by atoms with Crippen molar-refractivity contribution in [3.05, 3.63) is 48.0 Å². The molecule has 0 bridgehead atoms. The number of hydrogen-bond donors (Lipinski definition) is 1. The number of amides is 1. The predicted molar refractivity (Wildman–Crippen MR) is 82.0 cm³/mol. The van der Waals surface area contributed by atoms with Gasteiger partial charge in [0.25, 0.3) is 5.91 Å². The molecule has 1 N–H and O–H groups in total. The highest BCUT2D eigenvalue weighted by Gasteiger charge is 2.30.